The molecule has 4 aromatic rings. The molecule has 3 aromatic carbocycles. The molecule has 6 heteroatoms. The zero-order chi connectivity index (χ0) is 22.2. The Morgan fingerprint density at radius 1 is 1.16 bits per heavy atom. The highest BCUT2D eigenvalue weighted by Crippen LogP contribution is 2.34. The van der Waals surface area contributed by atoms with E-state index in [1.54, 1.807) is 23.3 Å². The van der Waals surface area contributed by atoms with Gasteiger partial charge in [0, 0.05) is 6.61 Å². The fourth-order valence-corrected chi connectivity index (χ4v) is 5.28. The van der Waals surface area contributed by atoms with Crippen molar-refractivity contribution < 1.29 is 14.3 Å². The summed E-state index contributed by atoms with van der Waals surface area (Å²) in [6.07, 6.45) is 1.98. The Bertz CT molecular complexity index is 1270. The van der Waals surface area contributed by atoms with Crippen LogP contribution in [0.25, 0.3) is 21.0 Å². The van der Waals surface area contributed by atoms with Gasteiger partial charge in [-0.2, -0.15) is 0 Å². The smallest absolute Gasteiger partial charge is 0.263 e. The van der Waals surface area contributed by atoms with E-state index in [0.29, 0.717) is 23.0 Å². The Hall–Kier alpha value is -2.96. The lowest BCUT2D eigenvalue weighted by Crippen LogP contribution is -2.37. The summed E-state index contributed by atoms with van der Waals surface area (Å²) in [4.78, 5) is 20.5. The Labute approximate surface area is 191 Å². The molecule has 1 atom stereocenters. The standard InChI is InChI=1S/C26H26N2O3S/c1-16-11-22-24(12-17(16)2)32-26(27-22)28(15-20-9-6-10-31-20)25(29)21-13-18-7-4-5-8-19(18)14-23(21)30-3/h4-5,7-8,11-14,20H,6,9-10,15H2,1-3H3. The largest absolute Gasteiger partial charge is 0.496 e. The highest BCUT2D eigenvalue weighted by Gasteiger charge is 2.29. The van der Waals surface area contributed by atoms with Gasteiger partial charge in [0.2, 0.25) is 0 Å². The Balaban J connectivity index is 1.60. The summed E-state index contributed by atoms with van der Waals surface area (Å²) in [6.45, 7) is 5.41. The molecule has 164 valence electrons. The van der Waals surface area contributed by atoms with E-state index in [1.807, 2.05) is 36.4 Å². The number of rotatable bonds is 5. The Kier molecular flexibility index (Phi) is 5.57. The molecular weight excluding hydrogens is 420 g/mol. The summed E-state index contributed by atoms with van der Waals surface area (Å²) >= 11 is 1.55. The molecule has 1 fully saturated rings. The first-order valence-electron chi connectivity index (χ1n) is 10.9. The number of thiazole rings is 1. The van der Waals surface area contributed by atoms with Gasteiger partial charge in [0.25, 0.3) is 5.91 Å². The van der Waals surface area contributed by atoms with Crippen LogP contribution >= 0.6 is 11.3 Å². The van der Waals surface area contributed by atoms with Crippen molar-refractivity contribution in [3.8, 4) is 5.75 Å². The van der Waals surface area contributed by atoms with Crippen LogP contribution in [0.4, 0.5) is 5.13 Å². The molecular formula is C26H26N2O3S. The zero-order valence-corrected chi connectivity index (χ0v) is 19.4. The van der Waals surface area contributed by atoms with E-state index in [0.717, 1.165) is 40.4 Å². The second kappa shape index (κ2) is 8.52. The van der Waals surface area contributed by atoms with Gasteiger partial charge in [0.05, 0.1) is 35.5 Å². The van der Waals surface area contributed by atoms with E-state index in [9.17, 15) is 4.79 Å². The number of hydrogen-bond donors (Lipinski definition) is 0. The monoisotopic (exact) mass is 446 g/mol. The van der Waals surface area contributed by atoms with Crippen molar-refractivity contribution in [2.24, 2.45) is 0 Å². The highest BCUT2D eigenvalue weighted by molar-refractivity contribution is 7.22. The molecule has 32 heavy (non-hydrogen) atoms. The first kappa shape index (κ1) is 20.9. The molecule has 1 unspecified atom stereocenters. The molecule has 0 aliphatic carbocycles. The highest BCUT2D eigenvalue weighted by atomic mass is 32.1. The zero-order valence-electron chi connectivity index (χ0n) is 18.6. The molecule has 5 nitrogen and oxygen atoms in total. The molecule has 1 saturated heterocycles. The molecule has 0 spiro atoms. The molecule has 0 saturated carbocycles. The lowest BCUT2D eigenvalue weighted by molar-refractivity contribution is 0.0915. The molecule has 1 aliphatic heterocycles. The van der Waals surface area contributed by atoms with Gasteiger partial charge in [-0.1, -0.05) is 35.6 Å². The van der Waals surface area contributed by atoms with Crippen molar-refractivity contribution in [1.29, 1.82) is 0 Å². The number of fused-ring (bicyclic) bond motifs is 2. The van der Waals surface area contributed by atoms with Crippen LogP contribution in [0, 0.1) is 13.8 Å². The van der Waals surface area contributed by atoms with Crippen LogP contribution in [0.2, 0.25) is 0 Å². The minimum absolute atomic E-state index is 0.0147. The van der Waals surface area contributed by atoms with Gasteiger partial charge in [-0.3, -0.25) is 9.69 Å². The van der Waals surface area contributed by atoms with Crippen LogP contribution in [-0.2, 0) is 4.74 Å². The van der Waals surface area contributed by atoms with Crippen LogP contribution in [0.3, 0.4) is 0 Å². The topological polar surface area (TPSA) is 51.7 Å². The minimum atomic E-state index is -0.115. The van der Waals surface area contributed by atoms with E-state index >= 15 is 0 Å². The molecule has 1 aromatic heterocycles. The summed E-state index contributed by atoms with van der Waals surface area (Å²) in [5, 5.41) is 2.74. The van der Waals surface area contributed by atoms with E-state index in [-0.39, 0.29) is 12.0 Å². The van der Waals surface area contributed by atoms with Crippen molar-refractivity contribution in [1.82, 2.24) is 4.98 Å². The van der Waals surface area contributed by atoms with E-state index in [4.69, 9.17) is 14.5 Å². The fourth-order valence-electron chi connectivity index (χ4n) is 4.22. The third-order valence-corrected chi connectivity index (χ3v) is 7.22. The summed E-state index contributed by atoms with van der Waals surface area (Å²) in [5.74, 6) is 0.453. The molecule has 0 radical (unpaired) electrons. The van der Waals surface area contributed by atoms with Crippen molar-refractivity contribution in [3.63, 3.8) is 0 Å². The number of carbonyl (C=O) groups is 1. The van der Waals surface area contributed by atoms with Gasteiger partial charge in [-0.15, -0.1) is 0 Å². The quantitative estimate of drug-likeness (QED) is 0.383. The van der Waals surface area contributed by atoms with Crippen LogP contribution in [0.5, 0.6) is 5.75 Å². The lowest BCUT2D eigenvalue weighted by atomic mass is 10.0. The average molecular weight is 447 g/mol. The maximum atomic E-state index is 13.9. The van der Waals surface area contributed by atoms with Gasteiger partial charge in [0.1, 0.15) is 5.75 Å². The predicted octanol–water partition coefficient (Wildman–Crippen LogP) is 5.90. The Morgan fingerprint density at radius 3 is 2.62 bits per heavy atom. The lowest BCUT2D eigenvalue weighted by Gasteiger charge is -2.24. The third kappa shape index (κ3) is 3.85. The molecule has 2 heterocycles. The molecule has 0 N–H and O–H groups in total. The summed E-state index contributed by atoms with van der Waals surface area (Å²) in [7, 11) is 1.61. The second-order valence-corrected chi connectivity index (χ2v) is 9.36. The summed E-state index contributed by atoms with van der Waals surface area (Å²) in [5.41, 5.74) is 3.88. The van der Waals surface area contributed by atoms with Crippen LogP contribution in [0.1, 0.15) is 34.3 Å². The number of benzene rings is 3. The summed E-state index contributed by atoms with van der Waals surface area (Å²) < 4.78 is 12.6. The Morgan fingerprint density at radius 2 is 1.91 bits per heavy atom. The number of hydrogen-bond acceptors (Lipinski definition) is 5. The van der Waals surface area contributed by atoms with Crippen molar-refractivity contribution in [2.75, 3.05) is 25.2 Å². The van der Waals surface area contributed by atoms with Gasteiger partial charge >= 0.3 is 0 Å². The van der Waals surface area contributed by atoms with Crippen molar-refractivity contribution in [3.05, 3.63) is 65.2 Å². The average Bonchev–Trinajstić information content (AvgIpc) is 3.46. The van der Waals surface area contributed by atoms with Crippen molar-refractivity contribution >= 4 is 43.4 Å². The molecule has 1 aliphatic rings. The second-order valence-electron chi connectivity index (χ2n) is 8.35. The van der Waals surface area contributed by atoms with Gasteiger partial charge in [-0.05, 0) is 72.9 Å². The van der Waals surface area contributed by atoms with E-state index < -0.39 is 0 Å². The predicted molar refractivity (Wildman–Crippen MR) is 130 cm³/mol. The number of ether oxygens (including phenoxy) is 2. The first-order chi connectivity index (χ1) is 15.5. The maximum Gasteiger partial charge on any atom is 0.263 e. The molecule has 0 bridgehead atoms. The number of carbonyl (C=O) groups excluding carboxylic acids is 1. The van der Waals surface area contributed by atoms with Gasteiger partial charge < -0.3 is 9.47 Å². The number of aromatic nitrogens is 1. The van der Waals surface area contributed by atoms with Crippen LogP contribution in [0.15, 0.2) is 48.5 Å². The van der Waals surface area contributed by atoms with E-state index in [1.165, 1.54) is 11.1 Å². The fraction of sp³-hybridized carbons (Fsp3) is 0.308. The van der Waals surface area contributed by atoms with Crippen LogP contribution in [-0.4, -0.2) is 37.3 Å². The number of methoxy groups -OCH3 is 1. The number of aryl methyl sites for hydroxylation is 2. The van der Waals surface area contributed by atoms with Crippen LogP contribution < -0.4 is 9.64 Å². The van der Waals surface area contributed by atoms with Gasteiger partial charge in [0.15, 0.2) is 5.13 Å². The maximum absolute atomic E-state index is 13.9. The third-order valence-electron chi connectivity index (χ3n) is 6.18. The number of amides is 1. The molecule has 5 rings (SSSR count). The number of nitrogens with zero attached hydrogens (tertiary/aromatic N) is 2. The molecule has 1 amide bonds. The minimum Gasteiger partial charge on any atom is -0.496 e. The van der Waals surface area contributed by atoms with Crippen molar-refractivity contribution in [2.45, 2.75) is 32.8 Å². The normalized spacial score (nSPS) is 16.0. The summed E-state index contributed by atoms with van der Waals surface area (Å²) in [6, 6.07) is 16.1. The van der Waals surface area contributed by atoms with E-state index in [2.05, 4.69) is 26.0 Å². The van der Waals surface area contributed by atoms with Gasteiger partial charge in [-0.25, -0.2) is 4.98 Å². The SMILES string of the molecule is COc1cc2ccccc2cc1C(=O)N(CC1CCCO1)c1nc2cc(C)c(C)cc2s1. The first-order valence-corrected chi connectivity index (χ1v) is 11.7. The number of anilines is 1.